The van der Waals surface area contributed by atoms with Gasteiger partial charge in [-0.05, 0) is 30.2 Å². The van der Waals surface area contributed by atoms with Gasteiger partial charge in [-0.15, -0.1) is 0 Å². The summed E-state index contributed by atoms with van der Waals surface area (Å²) in [5, 5.41) is 20.6. The van der Waals surface area contributed by atoms with Gasteiger partial charge in [0.2, 0.25) is 5.91 Å². The number of aliphatic hydroxyl groups is 1. The van der Waals surface area contributed by atoms with Crippen LogP contribution in [-0.2, 0) is 20.9 Å². The Kier molecular flexibility index (Phi) is 4.30. The molecule has 0 bridgehead atoms. The molecule has 1 N–H and O–H groups in total. The monoisotopic (exact) mass is 346 g/mol. The van der Waals surface area contributed by atoms with Crippen molar-refractivity contribution in [3.05, 3.63) is 51.2 Å². The van der Waals surface area contributed by atoms with Crippen LogP contribution >= 0.6 is 0 Å². The molecule has 2 aliphatic heterocycles. The zero-order valence-corrected chi connectivity index (χ0v) is 13.8. The van der Waals surface area contributed by atoms with E-state index in [0.29, 0.717) is 17.6 Å². The van der Waals surface area contributed by atoms with Crippen molar-refractivity contribution >= 4 is 17.6 Å². The van der Waals surface area contributed by atoms with Crippen molar-refractivity contribution in [2.75, 3.05) is 0 Å². The summed E-state index contributed by atoms with van der Waals surface area (Å²) in [6.07, 6.45) is -0.494. The number of fused-ring (bicyclic) bond motifs is 1. The Bertz CT molecular complexity index is 768. The zero-order valence-electron chi connectivity index (χ0n) is 13.8. The summed E-state index contributed by atoms with van der Waals surface area (Å²) in [4.78, 5) is 35.9. The van der Waals surface area contributed by atoms with Crippen molar-refractivity contribution in [3.8, 4) is 0 Å². The second-order valence-electron chi connectivity index (χ2n) is 6.30. The van der Waals surface area contributed by atoms with Gasteiger partial charge in [-0.3, -0.25) is 14.9 Å². The molecule has 0 radical (unpaired) electrons. The van der Waals surface area contributed by atoms with E-state index in [0.717, 1.165) is 0 Å². The molecule has 2 unspecified atom stereocenters. The Balaban J connectivity index is 1.75. The number of non-ortho nitro benzene ring substituents is 1. The number of benzene rings is 1. The molecule has 0 saturated carbocycles. The summed E-state index contributed by atoms with van der Waals surface area (Å²) < 4.78 is 5.27. The minimum absolute atomic E-state index is 0.0483. The van der Waals surface area contributed by atoms with Crippen LogP contribution in [0.4, 0.5) is 5.69 Å². The highest BCUT2D eigenvalue weighted by atomic mass is 16.6. The average molecular weight is 346 g/mol. The van der Waals surface area contributed by atoms with Gasteiger partial charge >= 0.3 is 5.97 Å². The van der Waals surface area contributed by atoms with Crippen LogP contribution in [0.15, 0.2) is 35.5 Å². The number of carbonyl (C=O) groups excluding carboxylic acids is 2. The number of hydrogen-bond donors (Lipinski definition) is 1. The second kappa shape index (κ2) is 6.29. The standard InChI is InChI=1S/C17H18N2O6/c1-9-13-7-14(21)18(13)16(15(9)10(2)20)17(22)25-8-11-3-5-12(6-4-11)19(23)24/h3-6,9-10,13,20H,7-8H2,1-2H3/t9?,10-,13?/m1/s1. The van der Waals surface area contributed by atoms with E-state index in [-0.39, 0.29) is 35.9 Å². The van der Waals surface area contributed by atoms with E-state index in [1.807, 2.05) is 6.92 Å². The third-order valence-electron chi connectivity index (χ3n) is 4.73. The first-order valence-corrected chi connectivity index (χ1v) is 7.96. The quantitative estimate of drug-likeness (QED) is 0.375. The predicted molar refractivity (Wildman–Crippen MR) is 86.0 cm³/mol. The zero-order chi connectivity index (χ0) is 18.3. The third-order valence-corrected chi connectivity index (χ3v) is 4.73. The largest absolute Gasteiger partial charge is 0.456 e. The SMILES string of the molecule is CC1C([C@@H](C)O)=C(C(=O)OCc2ccc([N+](=O)[O-])cc2)N2C(=O)CC12. The topological polar surface area (TPSA) is 110 Å². The fourth-order valence-corrected chi connectivity index (χ4v) is 3.42. The van der Waals surface area contributed by atoms with E-state index in [1.165, 1.54) is 29.2 Å². The Morgan fingerprint density at radius 2 is 2.08 bits per heavy atom. The number of rotatable bonds is 5. The molecule has 1 aromatic carbocycles. The Morgan fingerprint density at radius 3 is 2.60 bits per heavy atom. The first kappa shape index (κ1) is 17.1. The van der Waals surface area contributed by atoms with Crippen LogP contribution in [0.3, 0.4) is 0 Å². The maximum Gasteiger partial charge on any atom is 0.355 e. The lowest BCUT2D eigenvalue weighted by atomic mass is 9.88. The number of carbonyl (C=O) groups is 2. The van der Waals surface area contributed by atoms with Gasteiger partial charge in [0.25, 0.3) is 5.69 Å². The van der Waals surface area contributed by atoms with Crippen molar-refractivity contribution in [1.82, 2.24) is 4.90 Å². The lowest BCUT2D eigenvalue weighted by Gasteiger charge is -2.37. The summed E-state index contributed by atoms with van der Waals surface area (Å²) in [7, 11) is 0. The number of amides is 1. The highest BCUT2D eigenvalue weighted by molar-refractivity contribution is 5.99. The van der Waals surface area contributed by atoms with Crippen LogP contribution in [0.1, 0.15) is 25.8 Å². The Hall–Kier alpha value is -2.74. The van der Waals surface area contributed by atoms with Crippen molar-refractivity contribution in [2.45, 2.75) is 39.0 Å². The van der Waals surface area contributed by atoms with Gasteiger partial charge in [0, 0.05) is 24.5 Å². The van der Waals surface area contributed by atoms with Crippen LogP contribution in [-0.4, -0.2) is 39.0 Å². The van der Waals surface area contributed by atoms with Gasteiger partial charge in [0.05, 0.1) is 17.1 Å². The first-order chi connectivity index (χ1) is 11.8. The van der Waals surface area contributed by atoms with Crippen molar-refractivity contribution in [2.24, 2.45) is 5.92 Å². The van der Waals surface area contributed by atoms with Crippen LogP contribution < -0.4 is 0 Å². The highest BCUT2D eigenvalue weighted by Gasteiger charge is 2.52. The van der Waals surface area contributed by atoms with Gasteiger partial charge in [-0.25, -0.2) is 4.79 Å². The molecule has 2 aliphatic rings. The number of nitro groups is 1. The van der Waals surface area contributed by atoms with Crippen LogP contribution in [0, 0.1) is 16.0 Å². The summed E-state index contributed by atoms with van der Waals surface area (Å²) >= 11 is 0. The maximum absolute atomic E-state index is 12.5. The number of hydrogen-bond acceptors (Lipinski definition) is 6. The van der Waals surface area contributed by atoms with E-state index < -0.39 is 17.0 Å². The molecule has 8 nitrogen and oxygen atoms in total. The summed E-state index contributed by atoms with van der Waals surface area (Å²) in [5.41, 5.74) is 1.19. The fraction of sp³-hybridized carbons (Fsp3) is 0.412. The molecule has 0 spiro atoms. The molecule has 1 aromatic rings. The Morgan fingerprint density at radius 1 is 1.44 bits per heavy atom. The van der Waals surface area contributed by atoms with Gasteiger partial charge in [-0.2, -0.15) is 0 Å². The van der Waals surface area contributed by atoms with Gasteiger partial charge < -0.3 is 14.7 Å². The van der Waals surface area contributed by atoms with E-state index in [1.54, 1.807) is 6.92 Å². The minimum atomic E-state index is -0.852. The van der Waals surface area contributed by atoms with Crippen LogP contribution in [0.25, 0.3) is 0 Å². The Labute approximate surface area is 143 Å². The van der Waals surface area contributed by atoms with Gasteiger partial charge in [-0.1, -0.05) is 6.92 Å². The van der Waals surface area contributed by atoms with Crippen molar-refractivity contribution < 1.29 is 24.4 Å². The molecule has 3 rings (SSSR count). The molecule has 8 heteroatoms. The lowest BCUT2D eigenvalue weighted by Crippen LogP contribution is -2.51. The summed E-state index contributed by atoms with van der Waals surface area (Å²) in [6, 6.07) is 5.57. The molecule has 2 heterocycles. The molecular weight excluding hydrogens is 328 g/mol. The number of ether oxygens (including phenoxy) is 1. The third kappa shape index (κ3) is 2.89. The fourth-order valence-electron chi connectivity index (χ4n) is 3.42. The van der Waals surface area contributed by atoms with E-state index in [9.17, 15) is 24.8 Å². The maximum atomic E-state index is 12.5. The molecular formula is C17H18N2O6. The molecule has 132 valence electrons. The highest BCUT2D eigenvalue weighted by Crippen LogP contribution is 2.44. The predicted octanol–water partition coefficient (Wildman–Crippen LogP) is 1.52. The smallest absolute Gasteiger partial charge is 0.355 e. The van der Waals surface area contributed by atoms with Crippen LogP contribution in [0.5, 0.6) is 0 Å². The summed E-state index contributed by atoms with van der Waals surface area (Å²) in [6.45, 7) is 3.36. The number of β-lactam (4-membered cyclic amide) rings is 1. The lowest BCUT2D eigenvalue weighted by molar-refractivity contribution is -0.384. The van der Waals surface area contributed by atoms with E-state index in [2.05, 4.69) is 0 Å². The first-order valence-electron chi connectivity index (χ1n) is 7.96. The normalized spacial score (nSPS) is 23.2. The van der Waals surface area contributed by atoms with E-state index in [4.69, 9.17) is 4.74 Å². The number of nitrogens with zero attached hydrogens (tertiary/aromatic N) is 2. The molecule has 25 heavy (non-hydrogen) atoms. The molecule has 0 aliphatic carbocycles. The number of nitro benzene ring substituents is 1. The molecule has 0 aromatic heterocycles. The number of aliphatic hydroxyl groups excluding tert-OH is 1. The molecule has 3 atom stereocenters. The van der Waals surface area contributed by atoms with Crippen molar-refractivity contribution in [1.29, 1.82) is 0 Å². The summed E-state index contributed by atoms with van der Waals surface area (Å²) in [5.74, 6) is -0.925. The van der Waals surface area contributed by atoms with Crippen LogP contribution in [0.2, 0.25) is 0 Å². The molecule has 1 saturated heterocycles. The molecule has 1 amide bonds. The average Bonchev–Trinajstić information content (AvgIpc) is 2.80. The van der Waals surface area contributed by atoms with Crippen molar-refractivity contribution in [3.63, 3.8) is 0 Å². The minimum Gasteiger partial charge on any atom is -0.456 e. The molecule has 1 fully saturated rings. The second-order valence-corrected chi connectivity index (χ2v) is 6.30. The number of esters is 1. The van der Waals surface area contributed by atoms with E-state index >= 15 is 0 Å². The van der Waals surface area contributed by atoms with Gasteiger partial charge in [0.1, 0.15) is 12.3 Å². The van der Waals surface area contributed by atoms with Gasteiger partial charge in [0.15, 0.2) is 0 Å².